The normalized spacial score (nSPS) is 15.6. The molecule has 2 N–H and O–H groups in total. The summed E-state index contributed by atoms with van der Waals surface area (Å²) in [7, 11) is 0. The predicted octanol–water partition coefficient (Wildman–Crippen LogP) is 2.43. The van der Waals surface area contributed by atoms with Crippen molar-refractivity contribution in [2.45, 2.75) is 32.2 Å². The van der Waals surface area contributed by atoms with Gasteiger partial charge in [-0.05, 0) is 19.4 Å². The zero-order chi connectivity index (χ0) is 12.3. The van der Waals surface area contributed by atoms with Gasteiger partial charge in [0.05, 0.1) is 0 Å². The predicted molar refractivity (Wildman–Crippen MR) is 53.0 cm³/mol. The van der Waals surface area contributed by atoms with Crippen LogP contribution in [0.1, 0.15) is 25.5 Å². The molecule has 3 nitrogen and oxygen atoms in total. The van der Waals surface area contributed by atoms with E-state index in [9.17, 15) is 13.2 Å². The first-order chi connectivity index (χ1) is 7.30. The number of alkyl halides is 3. The minimum Gasteiger partial charge on any atom is -0.465 e. The zero-order valence-corrected chi connectivity index (χ0v) is 8.95. The number of hydrogen-bond acceptors (Lipinski definition) is 3. The van der Waals surface area contributed by atoms with Crippen molar-refractivity contribution >= 4 is 0 Å². The van der Waals surface area contributed by atoms with Crippen LogP contribution in [0.25, 0.3) is 0 Å². The summed E-state index contributed by atoms with van der Waals surface area (Å²) in [5.74, 6) is -0.0609. The molecule has 1 aromatic heterocycles. The van der Waals surface area contributed by atoms with Gasteiger partial charge >= 0.3 is 6.18 Å². The number of nitrogens with two attached hydrogens (primary N) is 1. The SMILES string of the molecule is CC(Oc1ccc([C@@H](C)N)cn1)C(F)(F)F. The van der Waals surface area contributed by atoms with Crippen LogP contribution in [-0.2, 0) is 0 Å². The number of rotatable bonds is 3. The quantitative estimate of drug-likeness (QED) is 0.873. The maximum Gasteiger partial charge on any atom is 0.425 e. The monoisotopic (exact) mass is 234 g/mol. The van der Waals surface area contributed by atoms with Gasteiger partial charge in [0.2, 0.25) is 5.88 Å². The first-order valence-electron chi connectivity index (χ1n) is 4.75. The van der Waals surface area contributed by atoms with E-state index in [1.807, 2.05) is 0 Å². The summed E-state index contributed by atoms with van der Waals surface area (Å²) in [4.78, 5) is 3.75. The van der Waals surface area contributed by atoms with Gasteiger partial charge in [-0.3, -0.25) is 0 Å². The van der Waals surface area contributed by atoms with E-state index in [1.165, 1.54) is 12.3 Å². The highest BCUT2D eigenvalue weighted by Crippen LogP contribution is 2.24. The fourth-order valence-electron chi connectivity index (χ4n) is 0.979. The Balaban J connectivity index is 2.69. The number of pyridine rings is 1. The Morgan fingerprint density at radius 3 is 2.31 bits per heavy atom. The van der Waals surface area contributed by atoms with Crippen molar-refractivity contribution in [1.29, 1.82) is 0 Å². The first kappa shape index (κ1) is 12.8. The molecule has 16 heavy (non-hydrogen) atoms. The Hall–Kier alpha value is -1.30. The molecule has 0 fully saturated rings. The minimum atomic E-state index is -4.39. The lowest BCUT2D eigenvalue weighted by Crippen LogP contribution is -2.31. The minimum absolute atomic E-state index is 0.0609. The van der Waals surface area contributed by atoms with Gasteiger partial charge in [-0.1, -0.05) is 6.07 Å². The molecule has 0 radical (unpaired) electrons. The fraction of sp³-hybridized carbons (Fsp3) is 0.500. The van der Waals surface area contributed by atoms with Gasteiger partial charge in [0.25, 0.3) is 0 Å². The molecular weight excluding hydrogens is 221 g/mol. The molecule has 90 valence electrons. The van der Waals surface area contributed by atoms with Crippen LogP contribution < -0.4 is 10.5 Å². The second-order valence-corrected chi connectivity index (χ2v) is 3.52. The van der Waals surface area contributed by atoms with E-state index < -0.39 is 12.3 Å². The molecule has 0 spiro atoms. The molecule has 6 heteroatoms. The Labute approximate surface area is 91.4 Å². The van der Waals surface area contributed by atoms with Crippen LogP contribution in [-0.4, -0.2) is 17.3 Å². The topological polar surface area (TPSA) is 48.1 Å². The van der Waals surface area contributed by atoms with E-state index in [0.29, 0.717) is 0 Å². The second kappa shape index (κ2) is 4.69. The largest absolute Gasteiger partial charge is 0.465 e. The van der Waals surface area contributed by atoms with Gasteiger partial charge in [0.1, 0.15) is 0 Å². The molecule has 1 unspecified atom stereocenters. The summed E-state index contributed by atoms with van der Waals surface area (Å²) in [6.07, 6.45) is -4.86. The molecule has 0 amide bonds. The number of aromatic nitrogens is 1. The van der Waals surface area contributed by atoms with Gasteiger partial charge in [-0.25, -0.2) is 4.98 Å². The van der Waals surface area contributed by atoms with E-state index in [-0.39, 0.29) is 11.9 Å². The summed E-state index contributed by atoms with van der Waals surface area (Å²) >= 11 is 0. The lowest BCUT2D eigenvalue weighted by atomic mass is 10.2. The molecule has 0 aliphatic carbocycles. The van der Waals surface area contributed by atoms with Crippen molar-refractivity contribution in [3.8, 4) is 5.88 Å². The van der Waals surface area contributed by atoms with Gasteiger partial charge in [-0.15, -0.1) is 0 Å². The van der Waals surface area contributed by atoms with Crippen LogP contribution in [0.5, 0.6) is 5.88 Å². The smallest absolute Gasteiger partial charge is 0.425 e. The molecule has 1 aromatic rings. The summed E-state index contributed by atoms with van der Waals surface area (Å²) in [5.41, 5.74) is 6.32. The molecule has 1 rings (SSSR count). The molecule has 0 aromatic carbocycles. The van der Waals surface area contributed by atoms with Crippen molar-refractivity contribution in [2.75, 3.05) is 0 Å². The number of hydrogen-bond donors (Lipinski definition) is 1. The lowest BCUT2D eigenvalue weighted by molar-refractivity contribution is -0.189. The van der Waals surface area contributed by atoms with Crippen molar-refractivity contribution < 1.29 is 17.9 Å². The number of ether oxygens (including phenoxy) is 1. The average molecular weight is 234 g/mol. The van der Waals surface area contributed by atoms with Gasteiger partial charge < -0.3 is 10.5 Å². The maximum atomic E-state index is 12.2. The molecule has 2 atom stereocenters. The van der Waals surface area contributed by atoms with Crippen LogP contribution in [0.15, 0.2) is 18.3 Å². The molecule has 0 aliphatic heterocycles. The van der Waals surface area contributed by atoms with Crippen molar-refractivity contribution in [1.82, 2.24) is 4.98 Å². The van der Waals surface area contributed by atoms with Gasteiger partial charge in [0.15, 0.2) is 6.10 Å². The lowest BCUT2D eigenvalue weighted by Gasteiger charge is -2.17. The Morgan fingerprint density at radius 1 is 1.31 bits per heavy atom. The molecule has 0 saturated heterocycles. The maximum absolute atomic E-state index is 12.2. The van der Waals surface area contributed by atoms with Gasteiger partial charge in [-0.2, -0.15) is 13.2 Å². The highest BCUT2D eigenvalue weighted by molar-refractivity contribution is 5.20. The Morgan fingerprint density at radius 2 is 1.94 bits per heavy atom. The van der Waals surface area contributed by atoms with Crippen LogP contribution in [0, 0.1) is 0 Å². The van der Waals surface area contributed by atoms with E-state index in [1.54, 1.807) is 13.0 Å². The Kier molecular flexibility index (Phi) is 3.74. The summed E-state index contributed by atoms with van der Waals surface area (Å²) < 4.78 is 41.1. The van der Waals surface area contributed by atoms with Crippen LogP contribution >= 0.6 is 0 Å². The van der Waals surface area contributed by atoms with E-state index in [2.05, 4.69) is 9.72 Å². The standard InChI is InChI=1S/C10H13F3N2O/c1-6(14)8-3-4-9(15-5-8)16-7(2)10(11,12)13/h3-7H,14H2,1-2H3/t6-,7?/m1/s1. The van der Waals surface area contributed by atoms with Crippen molar-refractivity contribution in [3.63, 3.8) is 0 Å². The van der Waals surface area contributed by atoms with E-state index in [4.69, 9.17) is 5.73 Å². The molecule has 0 aliphatic rings. The molecule has 1 heterocycles. The molecular formula is C10H13F3N2O. The fourth-order valence-corrected chi connectivity index (χ4v) is 0.979. The van der Waals surface area contributed by atoms with Crippen LogP contribution in [0.3, 0.4) is 0 Å². The summed E-state index contributed by atoms with van der Waals surface area (Å²) in [6.45, 7) is 2.69. The van der Waals surface area contributed by atoms with Gasteiger partial charge in [0, 0.05) is 18.3 Å². The highest BCUT2D eigenvalue weighted by atomic mass is 19.4. The third kappa shape index (κ3) is 3.37. The summed E-state index contributed by atoms with van der Waals surface area (Å²) in [6, 6.07) is 2.76. The molecule has 0 saturated carbocycles. The Bertz CT molecular complexity index is 335. The number of nitrogens with zero attached hydrogens (tertiary/aromatic N) is 1. The van der Waals surface area contributed by atoms with Crippen molar-refractivity contribution in [2.24, 2.45) is 5.73 Å². The third-order valence-corrected chi connectivity index (χ3v) is 2.04. The number of halogens is 3. The first-order valence-corrected chi connectivity index (χ1v) is 4.75. The highest BCUT2D eigenvalue weighted by Gasteiger charge is 2.38. The third-order valence-electron chi connectivity index (χ3n) is 2.04. The van der Waals surface area contributed by atoms with E-state index >= 15 is 0 Å². The van der Waals surface area contributed by atoms with Crippen molar-refractivity contribution in [3.05, 3.63) is 23.9 Å². The second-order valence-electron chi connectivity index (χ2n) is 3.52. The average Bonchev–Trinajstić information content (AvgIpc) is 2.17. The van der Waals surface area contributed by atoms with Crippen LogP contribution in [0.2, 0.25) is 0 Å². The molecule has 0 bridgehead atoms. The van der Waals surface area contributed by atoms with E-state index in [0.717, 1.165) is 12.5 Å². The zero-order valence-electron chi connectivity index (χ0n) is 8.95. The van der Waals surface area contributed by atoms with Crippen LogP contribution in [0.4, 0.5) is 13.2 Å². The summed E-state index contributed by atoms with van der Waals surface area (Å²) in [5, 5.41) is 0.